The third kappa shape index (κ3) is 2.12. The van der Waals surface area contributed by atoms with Crippen molar-refractivity contribution in [2.24, 2.45) is 0 Å². The van der Waals surface area contributed by atoms with Gasteiger partial charge in [-0.2, -0.15) is 0 Å². The van der Waals surface area contributed by atoms with Crippen LogP contribution in [0.5, 0.6) is 0 Å². The van der Waals surface area contributed by atoms with Crippen molar-refractivity contribution in [1.29, 1.82) is 0 Å². The number of carboxylic acids is 1. The van der Waals surface area contributed by atoms with Gasteiger partial charge in [-0.1, -0.05) is 0 Å². The molecule has 0 aliphatic rings. The molecule has 0 aromatic rings. The van der Waals surface area contributed by atoms with Crippen LogP contribution in [0.3, 0.4) is 0 Å². The highest BCUT2D eigenvalue weighted by molar-refractivity contribution is 5.90. The first-order valence-electron chi connectivity index (χ1n) is 2.04. The molecule has 3 nitrogen and oxygen atoms in total. The summed E-state index contributed by atoms with van der Waals surface area (Å²) in [5.74, 6) is -1.06. The Kier molecular flexibility index (Phi) is 2.54. The number of rotatable bonds is 2. The molecule has 1 N–H and O–H groups in total. The van der Waals surface area contributed by atoms with Crippen molar-refractivity contribution in [2.45, 2.75) is 6.92 Å². The zero-order valence-corrected chi connectivity index (χ0v) is 4.42. The minimum Gasteiger partial charge on any atom is -0.478 e. The molecule has 0 radical (unpaired) electrons. The van der Waals surface area contributed by atoms with E-state index in [1.165, 1.54) is 6.92 Å². The standard InChI is InChI=1S/C5H6O3/c1-4(2-3-6)5(7)8/h2-3H,1H3,(H,7,8)/b4-2+. The van der Waals surface area contributed by atoms with Crippen molar-refractivity contribution in [3.05, 3.63) is 11.6 Å². The van der Waals surface area contributed by atoms with E-state index < -0.39 is 5.97 Å². The van der Waals surface area contributed by atoms with E-state index >= 15 is 0 Å². The SMILES string of the molecule is C/C(=C\C=O)C(=O)O. The lowest BCUT2D eigenvalue weighted by molar-refractivity contribution is -0.132. The van der Waals surface area contributed by atoms with E-state index in [1.807, 2.05) is 0 Å². The van der Waals surface area contributed by atoms with Gasteiger partial charge in [0.1, 0.15) is 6.29 Å². The van der Waals surface area contributed by atoms with Gasteiger partial charge < -0.3 is 5.11 Å². The Hall–Kier alpha value is -1.12. The Morgan fingerprint density at radius 1 is 1.62 bits per heavy atom. The predicted molar refractivity (Wildman–Crippen MR) is 27.5 cm³/mol. The Bertz CT molecular complexity index is 135. The number of aliphatic carboxylic acids is 1. The number of hydrogen-bond donors (Lipinski definition) is 1. The molecule has 0 unspecified atom stereocenters. The molecule has 0 aromatic carbocycles. The molecule has 0 aliphatic carbocycles. The lowest BCUT2D eigenvalue weighted by Crippen LogP contribution is -1.95. The van der Waals surface area contributed by atoms with Crippen molar-refractivity contribution in [1.82, 2.24) is 0 Å². The summed E-state index contributed by atoms with van der Waals surface area (Å²) in [6.07, 6.45) is 1.45. The highest BCUT2D eigenvalue weighted by Crippen LogP contribution is 1.87. The number of hydrogen-bond acceptors (Lipinski definition) is 2. The molecule has 8 heavy (non-hydrogen) atoms. The summed E-state index contributed by atoms with van der Waals surface area (Å²) in [5.41, 5.74) is 0.0556. The summed E-state index contributed by atoms with van der Waals surface area (Å²) >= 11 is 0. The van der Waals surface area contributed by atoms with Crippen molar-refractivity contribution in [3.8, 4) is 0 Å². The second-order valence-corrected chi connectivity index (χ2v) is 1.29. The first-order valence-corrected chi connectivity index (χ1v) is 2.04. The van der Waals surface area contributed by atoms with E-state index in [0.29, 0.717) is 6.29 Å². The Morgan fingerprint density at radius 3 is 2.25 bits per heavy atom. The summed E-state index contributed by atoms with van der Waals surface area (Å²) in [5, 5.41) is 8.09. The maximum Gasteiger partial charge on any atom is 0.331 e. The maximum absolute atomic E-state index is 9.86. The summed E-state index contributed by atoms with van der Waals surface area (Å²) < 4.78 is 0. The number of allylic oxidation sites excluding steroid dienone is 1. The van der Waals surface area contributed by atoms with Crippen LogP contribution in [-0.2, 0) is 9.59 Å². The van der Waals surface area contributed by atoms with Gasteiger partial charge in [0, 0.05) is 5.57 Å². The summed E-state index contributed by atoms with van der Waals surface area (Å²) in [7, 11) is 0. The Labute approximate surface area is 46.6 Å². The van der Waals surface area contributed by atoms with Crippen LogP contribution in [0, 0.1) is 0 Å². The number of carbonyl (C=O) groups excluding carboxylic acids is 1. The third-order valence-corrected chi connectivity index (χ3v) is 0.655. The summed E-state index contributed by atoms with van der Waals surface area (Å²) in [4.78, 5) is 19.4. The molecule has 3 heteroatoms. The second kappa shape index (κ2) is 2.96. The second-order valence-electron chi connectivity index (χ2n) is 1.29. The Morgan fingerprint density at radius 2 is 2.12 bits per heavy atom. The predicted octanol–water partition coefficient (Wildman–Crippen LogP) is 0.216. The maximum atomic E-state index is 9.86. The molecular weight excluding hydrogens is 108 g/mol. The molecule has 0 heterocycles. The number of aldehydes is 1. The number of carboxylic acid groups (broad SMARTS) is 1. The molecule has 0 rings (SSSR count). The van der Waals surface area contributed by atoms with E-state index in [1.54, 1.807) is 0 Å². The monoisotopic (exact) mass is 114 g/mol. The van der Waals surface area contributed by atoms with Crippen LogP contribution < -0.4 is 0 Å². The topological polar surface area (TPSA) is 54.4 Å². The van der Waals surface area contributed by atoms with Crippen LogP contribution >= 0.6 is 0 Å². The highest BCUT2D eigenvalue weighted by Gasteiger charge is 1.95. The van der Waals surface area contributed by atoms with Gasteiger partial charge in [-0.15, -0.1) is 0 Å². The van der Waals surface area contributed by atoms with E-state index in [4.69, 9.17) is 5.11 Å². The summed E-state index contributed by atoms with van der Waals surface area (Å²) in [6, 6.07) is 0. The fourth-order valence-corrected chi connectivity index (χ4v) is 0.173. The molecular formula is C5H6O3. The average molecular weight is 114 g/mol. The average Bonchev–Trinajstić information content (AvgIpc) is 1.67. The van der Waals surface area contributed by atoms with Gasteiger partial charge in [0.2, 0.25) is 0 Å². The normalized spacial score (nSPS) is 10.9. The molecule has 0 aliphatic heterocycles. The van der Waals surface area contributed by atoms with Crippen molar-refractivity contribution in [3.63, 3.8) is 0 Å². The van der Waals surface area contributed by atoms with Crippen LogP contribution in [-0.4, -0.2) is 17.4 Å². The minimum atomic E-state index is -1.06. The van der Waals surface area contributed by atoms with Crippen molar-refractivity contribution >= 4 is 12.3 Å². The minimum absolute atomic E-state index is 0.0556. The van der Waals surface area contributed by atoms with Crippen molar-refractivity contribution in [2.75, 3.05) is 0 Å². The van der Waals surface area contributed by atoms with E-state index in [2.05, 4.69) is 0 Å². The van der Waals surface area contributed by atoms with Gasteiger partial charge in [0.15, 0.2) is 0 Å². The van der Waals surface area contributed by atoms with Crippen LogP contribution in [0.15, 0.2) is 11.6 Å². The lowest BCUT2D eigenvalue weighted by atomic mass is 10.3. The van der Waals surface area contributed by atoms with Crippen LogP contribution in [0.25, 0.3) is 0 Å². The van der Waals surface area contributed by atoms with Crippen LogP contribution in [0.1, 0.15) is 6.92 Å². The number of carbonyl (C=O) groups is 2. The van der Waals surface area contributed by atoms with E-state index in [9.17, 15) is 9.59 Å². The van der Waals surface area contributed by atoms with E-state index in [0.717, 1.165) is 6.08 Å². The van der Waals surface area contributed by atoms with Gasteiger partial charge in [-0.05, 0) is 13.0 Å². The zero-order chi connectivity index (χ0) is 6.57. The fourth-order valence-electron chi connectivity index (χ4n) is 0.173. The van der Waals surface area contributed by atoms with Gasteiger partial charge in [-0.3, -0.25) is 4.79 Å². The van der Waals surface area contributed by atoms with E-state index in [-0.39, 0.29) is 5.57 Å². The first-order chi connectivity index (χ1) is 3.68. The quantitative estimate of drug-likeness (QED) is 0.412. The molecule has 44 valence electrons. The third-order valence-electron chi connectivity index (χ3n) is 0.655. The Balaban J connectivity index is 3.99. The molecule has 0 saturated heterocycles. The first kappa shape index (κ1) is 6.88. The molecule has 0 spiro atoms. The zero-order valence-electron chi connectivity index (χ0n) is 4.42. The lowest BCUT2D eigenvalue weighted by Gasteiger charge is -1.83. The molecule has 0 aromatic heterocycles. The van der Waals surface area contributed by atoms with Crippen LogP contribution in [0.2, 0.25) is 0 Å². The smallest absolute Gasteiger partial charge is 0.331 e. The van der Waals surface area contributed by atoms with Crippen molar-refractivity contribution < 1.29 is 14.7 Å². The van der Waals surface area contributed by atoms with Gasteiger partial charge in [0.05, 0.1) is 0 Å². The van der Waals surface area contributed by atoms with Gasteiger partial charge in [-0.25, -0.2) is 4.79 Å². The molecule has 0 bridgehead atoms. The molecule has 0 atom stereocenters. The molecule has 0 amide bonds. The largest absolute Gasteiger partial charge is 0.478 e. The van der Waals surface area contributed by atoms with Gasteiger partial charge in [0.25, 0.3) is 0 Å². The van der Waals surface area contributed by atoms with Crippen LogP contribution in [0.4, 0.5) is 0 Å². The highest BCUT2D eigenvalue weighted by atomic mass is 16.4. The summed E-state index contributed by atoms with van der Waals surface area (Å²) in [6.45, 7) is 1.36. The van der Waals surface area contributed by atoms with Gasteiger partial charge >= 0.3 is 5.97 Å². The fraction of sp³-hybridized carbons (Fsp3) is 0.200. The molecule has 0 fully saturated rings. The molecule has 0 saturated carbocycles.